The van der Waals surface area contributed by atoms with Gasteiger partial charge in [0.25, 0.3) is 5.91 Å². The van der Waals surface area contributed by atoms with E-state index in [1.165, 1.54) is 16.7 Å². The highest BCUT2D eigenvalue weighted by atomic mass is 32.2. The Bertz CT molecular complexity index is 1100. The molecular weight excluding hydrogens is 478 g/mol. The molecular formula is C31H43N3O2S. The smallest absolute Gasteiger partial charge is 0.321 e. The van der Waals surface area contributed by atoms with Crippen molar-refractivity contribution in [2.75, 3.05) is 30.7 Å². The highest BCUT2D eigenvalue weighted by Crippen LogP contribution is 2.45. The Morgan fingerprint density at radius 2 is 1.46 bits per heavy atom. The van der Waals surface area contributed by atoms with Crippen LogP contribution < -0.4 is 5.32 Å². The third kappa shape index (κ3) is 5.69. The monoisotopic (exact) mass is 521 g/mol. The number of nitrogens with zero attached hydrogens (tertiary/aromatic N) is 2. The summed E-state index contributed by atoms with van der Waals surface area (Å²) in [6, 6.07) is 14.4. The molecule has 5 nitrogen and oxygen atoms in total. The van der Waals surface area contributed by atoms with Crippen molar-refractivity contribution in [1.82, 2.24) is 9.80 Å². The number of hydrogen-bond acceptors (Lipinski definition) is 3. The van der Waals surface area contributed by atoms with Crippen LogP contribution in [0.5, 0.6) is 0 Å². The molecule has 37 heavy (non-hydrogen) atoms. The zero-order chi connectivity index (χ0) is 27.0. The highest BCUT2D eigenvalue weighted by Gasteiger charge is 2.47. The van der Waals surface area contributed by atoms with Gasteiger partial charge in [-0.3, -0.25) is 4.79 Å². The predicted octanol–water partition coefficient (Wildman–Crippen LogP) is 7.44. The van der Waals surface area contributed by atoms with Crippen LogP contribution in [0.4, 0.5) is 10.5 Å². The first-order chi connectivity index (χ1) is 17.4. The van der Waals surface area contributed by atoms with Crippen molar-refractivity contribution in [2.24, 2.45) is 0 Å². The minimum Gasteiger partial charge on any atom is -0.324 e. The summed E-state index contributed by atoms with van der Waals surface area (Å²) in [4.78, 5) is 30.7. The largest absolute Gasteiger partial charge is 0.324 e. The fourth-order valence-corrected chi connectivity index (χ4v) is 6.97. The Labute approximate surface area is 227 Å². The van der Waals surface area contributed by atoms with Gasteiger partial charge in [-0.05, 0) is 58.9 Å². The van der Waals surface area contributed by atoms with E-state index >= 15 is 0 Å². The maximum absolute atomic E-state index is 13.6. The number of para-hydroxylation sites is 1. The Balaban J connectivity index is 1.45. The van der Waals surface area contributed by atoms with Gasteiger partial charge in [0.15, 0.2) is 0 Å². The minimum atomic E-state index is -0.227. The Kier molecular flexibility index (Phi) is 7.99. The Morgan fingerprint density at radius 3 is 1.97 bits per heavy atom. The van der Waals surface area contributed by atoms with Crippen molar-refractivity contribution in [3.63, 3.8) is 0 Å². The zero-order valence-corrected chi connectivity index (χ0v) is 24.4. The van der Waals surface area contributed by atoms with Gasteiger partial charge >= 0.3 is 6.03 Å². The first-order valence-electron chi connectivity index (χ1n) is 13.7. The third-order valence-electron chi connectivity index (χ3n) is 7.86. The number of likely N-dealkylation sites (tertiary alicyclic amines) is 1. The molecule has 0 atom stereocenters. The van der Waals surface area contributed by atoms with E-state index in [0.29, 0.717) is 24.9 Å². The maximum Gasteiger partial charge on any atom is 0.321 e. The SMILES string of the molecule is CC(C)c1cccc(C(C)C)c1NC(=O)N1CCC2(CC1)SCCN2C(=O)c1ccc(C(C)(C)C)cc1. The van der Waals surface area contributed by atoms with Gasteiger partial charge in [-0.15, -0.1) is 11.8 Å². The van der Waals surface area contributed by atoms with Crippen LogP contribution in [-0.2, 0) is 5.41 Å². The van der Waals surface area contributed by atoms with Gasteiger partial charge in [-0.25, -0.2) is 4.79 Å². The number of anilines is 1. The summed E-state index contributed by atoms with van der Waals surface area (Å²) in [5.41, 5.74) is 5.35. The Morgan fingerprint density at radius 1 is 0.892 bits per heavy atom. The van der Waals surface area contributed by atoms with Crippen LogP contribution >= 0.6 is 11.8 Å². The number of hydrogen-bond donors (Lipinski definition) is 1. The molecule has 2 aliphatic rings. The second-order valence-corrected chi connectivity index (χ2v) is 13.6. The molecule has 2 aliphatic heterocycles. The van der Waals surface area contributed by atoms with Crippen LogP contribution in [-0.4, -0.2) is 52.0 Å². The first kappa shape index (κ1) is 27.6. The van der Waals surface area contributed by atoms with E-state index in [1.54, 1.807) is 0 Å². The Hall–Kier alpha value is -2.47. The van der Waals surface area contributed by atoms with Crippen molar-refractivity contribution in [1.29, 1.82) is 0 Å². The summed E-state index contributed by atoms with van der Waals surface area (Å²) in [6.45, 7) is 17.3. The molecule has 1 spiro atoms. The first-order valence-corrected chi connectivity index (χ1v) is 14.7. The van der Waals surface area contributed by atoms with Crippen molar-refractivity contribution in [3.8, 4) is 0 Å². The quantitative estimate of drug-likeness (QED) is 0.455. The number of nitrogens with one attached hydrogen (secondary N) is 1. The number of carbonyl (C=O) groups excluding carboxylic acids is 2. The lowest BCUT2D eigenvalue weighted by Crippen LogP contribution is -2.54. The molecule has 0 unspecified atom stereocenters. The molecule has 6 heteroatoms. The fraction of sp³-hybridized carbons (Fsp3) is 0.548. The van der Waals surface area contributed by atoms with Crippen LogP contribution in [0.15, 0.2) is 42.5 Å². The van der Waals surface area contributed by atoms with Gasteiger partial charge in [-0.1, -0.05) is 78.8 Å². The van der Waals surface area contributed by atoms with Gasteiger partial charge in [-0.2, -0.15) is 0 Å². The molecule has 0 aliphatic carbocycles. The second-order valence-electron chi connectivity index (χ2n) is 12.1. The van der Waals surface area contributed by atoms with E-state index < -0.39 is 0 Å². The van der Waals surface area contributed by atoms with Gasteiger partial charge in [0.2, 0.25) is 0 Å². The van der Waals surface area contributed by atoms with E-state index in [4.69, 9.17) is 0 Å². The number of rotatable bonds is 4. The number of urea groups is 1. The molecule has 1 N–H and O–H groups in total. The van der Waals surface area contributed by atoms with Gasteiger partial charge in [0.1, 0.15) is 0 Å². The number of amides is 3. The minimum absolute atomic E-state index is 0.0384. The number of thioether (sulfide) groups is 1. The lowest BCUT2D eigenvalue weighted by Gasteiger charge is -2.44. The van der Waals surface area contributed by atoms with Crippen molar-refractivity contribution < 1.29 is 9.59 Å². The van der Waals surface area contributed by atoms with Crippen LogP contribution in [0, 0.1) is 0 Å². The average Bonchev–Trinajstić information content (AvgIpc) is 3.26. The summed E-state index contributed by atoms with van der Waals surface area (Å²) in [5.74, 6) is 1.70. The van der Waals surface area contributed by atoms with E-state index in [-0.39, 0.29) is 22.2 Å². The molecule has 2 aromatic rings. The fourth-order valence-electron chi connectivity index (χ4n) is 5.52. The van der Waals surface area contributed by atoms with E-state index in [9.17, 15) is 9.59 Å². The lowest BCUT2D eigenvalue weighted by atomic mass is 9.86. The molecule has 0 saturated carbocycles. The molecule has 4 rings (SSSR count). The van der Waals surface area contributed by atoms with Crippen molar-refractivity contribution >= 4 is 29.4 Å². The topological polar surface area (TPSA) is 52.7 Å². The summed E-state index contributed by atoms with van der Waals surface area (Å²) in [5, 5.41) is 3.27. The van der Waals surface area contributed by atoms with Gasteiger partial charge in [0, 0.05) is 36.6 Å². The molecule has 2 saturated heterocycles. The standard InChI is InChI=1S/C31H43N3O2S/c1-21(2)25-9-8-10-26(22(3)4)27(25)32-29(36)33-17-15-31(16-18-33)34(19-20-37-31)28(35)23-11-13-24(14-12-23)30(5,6)7/h8-14,21-22H,15-20H2,1-7H3,(H,32,36). The van der Waals surface area contributed by atoms with E-state index in [0.717, 1.165) is 36.4 Å². The van der Waals surface area contributed by atoms with E-state index in [1.807, 2.05) is 28.8 Å². The second kappa shape index (κ2) is 10.7. The van der Waals surface area contributed by atoms with Crippen molar-refractivity contribution in [2.45, 2.75) is 83.4 Å². The molecule has 2 fully saturated rings. The molecule has 0 aromatic heterocycles. The van der Waals surface area contributed by atoms with Crippen LogP contribution in [0.2, 0.25) is 0 Å². The average molecular weight is 522 g/mol. The van der Waals surface area contributed by atoms with Crippen LogP contribution in [0.25, 0.3) is 0 Å². The van der Waals surface area contributed by atoms with E-state index in [2.05, 4.69) is 89.0 Å². The summed E-state index contributed by atoms with van der Waals surface area (Å²) < 4.78 is 0. The molecule has 2 heterocycles. The van der Waals surface area contributed by atoms with Gasteiger partial charge < -0.3 is 15.1 Å². The number of piperidine rings is 1. The highest BCUT2D eigenvalue weighted by molar-refractivity contribution is 8.00. The number of benzene rings is 2. The summed E-state index contributed by atoms with van der Waals surface area (Å²) in [7, 11) is 0. The maximum atomic E-state index is 13.6. The number of carbonyl (C=O) groups is 2. The predicted molar refractivity (Wildman–Crippen MR) is 156 cm³/mol. The van der Waals surface area contributed by atoms with Crippen LogP contribution in [0.3, 0.4) is 0 Å². The summed E-state index contributed by atoms with van der Waals surface area (Å²) in [6.07, 6.45) is 1.58. The molecule has 3 amide bonds. The zero-order valence-electron chi connectivity index (χ0n) is 23.6. The molecule has 200 valence electrons. The molecule has 0 bridgehead atoms. The summed E-state index contributed by atoms with van der Waals surface area (Å²) >= 11 is 1.88. The normalized spacial score (nSPS) is 17.6. The van der Waals surface area contributed by atoms with Crippen LogP contribution in [0.1, 0.15) is 100 Å². The van der Waals surface area contributed by atoms with Crippen molar-refractivity contribution in [3.05, 3.63) is 64.7 Å². The van der Waals surface area contributed by atoms with Gasteiger partial charge in [0.05, 0.1) is 4.87 Å². The lowest BCUT2D eigenvalue weighted by molar-refractivity contribution is 0.0585. The molecule has 2 aromatic carbocycles. The third-order valence-corrected chi connectivity index (χ3v) is 9.41. The molecule has 0 radical (unpaired) electrons.